The number of carbonyl (C=O) groups is 1. The number of aryl methyl sites for hydroxylation is 1. The summed E-state index contributed by atoms with van der Waals surface area (Å²) in [5.74, 6) is -1.27. The summed E-state index contributed by atoms with van der Waals surface area (Å²) in [6, 6.07) is 10.2. The van der Waals surface area contributed by atoms with Gasteiger partial charge in [-0.05, 0) is 42.7 Å². The van der Waals surface area contributed by atoms with Crippen LogP contribution in [0.5, 0.6) is 0 Å². The first-order valence-corrected chi connectivity index (χ1v) is 13.1. The van der Waals surface area contributed by atoms with E-state index in [4.69, 9.17) is 9.79 Å². The van der Waals surface area contributed by atoms with Crippen molar-refractivity contribution in [1.29, 1.82) is 0 Å². The Kier molecular flexibility index (Phi) is 9.02. The number of hydrogen-bond acceptors (Lipinski definition) is 8. The van der Waals surface area contributed by atoms with E-state index in [9.17, 15) is 22.6 Å². The van der Waals surface area contributed by atoms with Crippen molar-refractivity contribution in [2.75, 3.05) is 6.26 Å². The second-order valence-corrected chi connectivity index (χ2v) is 11.2. The molecule has 1 amide bonds. The van der Waals surface area contributed by atoms with Crippen LogP contribution in [-0.4, -0.2) is 73.5 Å². The molecule has 0 aliphatic carbocycles. The van der Waals surface area contributed by atoms with Gasteiger partial charge in [0.1, 0.15) is 0 Å². The monoisotopic (exact) mass is 519 g/mol. The van der Waals surface area contributed by atoms with Gasteiger partial charge in [0.05, 0.1) is 18.1 Å². The van der Waals surface area contributed by atoms with Crippen molar-refractivity contribution in [2.24, 2.45) is 0 Å². The predicted molar refractivity (Wildman–Crippen MR) is 127 cm³/mol. The Hall–Kier alpha value is -2.56. The number of nitrogens with zero attached hydrogens (tertiary/aromatic N) is 4. The summed E-state index contributed by atoms with van der Waals surface area (Å²) in [4.78, 5) is 43.9. The van der Waals surface area contributed by atoms with Gasteiger partial charge in [-0.15, -0.1) is 0 Å². The summed E-state index contributed by atoms with van der Waals surface area (Å²) in [6.07, 6.45) is 5.02. The molecule has 16 heteroatoms. The standard InChI is InChI=1S/C19H22N5O8PS.Li.H/c1-19(34(2,30)31,18(26)22-32-33(27,28)29)8-12-23-11-7-15(13-17(23)25)14-3-5-16(6-4-14)24-20-9-10-21-24;;/h3-7,9-11,13H,8,12H2,1-2H3,(H,22,26)(H2,27,28,29);;/t19-;;/m1../s1. The van der Waals surface area contributed by atoms with Gasteiger partial charge < -0.3 is 14.4 Å². The fraction of sp³-hybridized carbons (Fsp3) is 0.263. The van der Waals surface area contributed by atoms with Gasteiger partial charge in [0.15, 0.2) is 14.6 Å². The van der Waals surface area contributed by atoms with Crippen LogP contribution in [0, 0.1) is 0 Å². The van der Waals surface area contributed by atoms with Crippen molar-refractivity contribution < 1.29 is 32.2 Å². The molecule has 0 radical (unpaired) electrons. The van der Waals surface area contributed by atoms with Crippen molar-refractivity contribution in [1.82, 2.24) is 25.0 Å². The Labute approximate surface area is 212 Å². The predicted octanol–water partition coefficient (Wildman–Crippen LogP) is -0.219. The molecule has 13 nitrogen and oxygen atoms in total. The fourth-order valence-corrected chi connectivity index (χ4v) is 4.06. The Morgan fingerprint density at radius 1 is 1.14 bits per heavy atom. The molecule has 0 aliphatic rings. The van der Waals surface area contributed by atoms with Crippen LogP contribution in [-0.2, 0) is 30.4 Å². The van der Waals surface area contributed by atoms with Gasteiger partial charge in [0.25, 0.3) is 11.5 Å². The van der Waals surface area contributed by atoms with Crippen molar-refractivity contribution in [2.45, 2.75) is 24.6 Å². The third-order valence-electron chi connectivity index (χ3n) is 5.23. The number of nitrogens with one attached hydrogen (secondary N) is 1. The van der Waals surface area contributed by atoms with Gasteiger partial charge in [0, 0.05) is 25.1 Å². The number of aromatic nitrogens is 4. The molecule has 2 heterocycles. The Morgan fingerprint density at radius 3 is 2.26 bits per heavy atom. The molecular formula is C19H23LiN5O8PS. The van der Waals surface area contributed by atoms with E-state index in [1.54, 1.807) is 42.7 Å². The zero-order chi connectivity index (χ0) is 25.1. The Morgan fingerprint density at radius 2 is 1.74 bits per heavy atom. The number of amides is 1. The van der Waals surface area contributed by atoms with Gasteiger partial charge in [-0.3, -0.25) is 9.59 Å². The number of rotatable bonds is 9. The van der Waals surface area contributed by atoms with Gasteiger partial charge in [0.2, 0.25) is 0 Å². The second-order valence-electron chi connectivity index (χ2n) is 7.58. The molecule has 0 aliphatic heterocycles. The molecule has 0 saturated heterocycles. The van der Waals surface area contributed by atoms with Gasteiger partial charge in [-0.2, -0.15) is 19.6 Å². The summed E-state index contributed by atoms with van der Waals surface area (Å²) in [7, 11) is -9.13. The van der Waals surface area contributed by atoms with E-state index in [0.29, 0.717) is 5.56 Å². The van der Waals surface area contributed by atoms with Crippen LogP contribution in [0.25, 0.3) is 16.8 Å². The number of sulfone groups is 1. The normalized spacial score (nSPS) is 13.5. The van der Waals surface area contributed by atoms with E-state index in [-0.39, 0.29) is 31.8 Å². The minimum atomic E-state index is -5.07. The molecule has 0 bridgehead atoms. The van der Waals surface area contributed by atoms with Crippen molar-refractivity contribution in [3.05, 3.63) is 65.3 Å². The Balaban J connectivity index is 0.00000432. The molecule has 1 aromatic carbocycles. The summed E-state index contributed by atoms with van der Waals surface area (Å²) >= 11 is 0. The topological polar surface area (TPSA) is 183 Å². The molecule has 0 unspecified atom stereocenters. The van der Waals surface area contributed by atoms with E-state index < -0.39 is 33.9 Å². The molecule has 35 heavy (non-hydrogen) atoms. The van der Waals surface area contributed by atoms with Gasteiger partial charge >= 0.3 is 26.7 Å². The number of hydroxylamine groups is 1. The molecule has 3 aromatic rings. The molecule has 1 atom stereocenters. The van der Waals surface area contributed by atoms with E-state index in [1.807, 2.05) is 0 Å². The zero-order valence-electron chi connectivity index (χ0n) is 18.1. The summed E-state index contributed by atoms with van der Waals surface area (Å²) in [5, 5.41) is 8.08. The van der Waals surface area contributed by atoms with E-state index >= 15 is 0 Å². The first-order chi connectivity index (χ1) is 15.8. The number of phosphoric acid groups is 1. The molecule has 3 rings (SSSR count). The number of pyridine rings is 1. The van der Waals surface area contributed by atoms with Gasteiger partial charge in [-0.1, -0.05) is 12.1 Å². The van der Waals surface area contributed by atoms with Crippen molar-refractivity contribution in [3.63, 3.8) is 0 Å². The quantitative estimate of drug-likeness (QED) is 0.194. The average molecular weight is 519 g/mol. The number of hydrogen-bond donors (Lipinski definition) is 3. The maximum atomic E-state index is 12.6. The molecular weight excluding hydrogens is 496 g/mol. The van der Waals surface area contributed by atoms with E-state index in [2.05, 4.69) is 14.8 Å². The third kappa shape index (κ3) is 6.99. The van der Waals surface area contributed by atoms with E-state index in [0.717, 1.165) is 24.4 Å². The Bertz CT molecular complexity index is 1390. The summed E-state index contributed by atoms with van der Waals surface area (Å²) in [5.41, 5.74) is 3.18. The third-order valence-corrected chi connectivity index (χ3v) is 7.59. The first kappa shape index (κ1) is 28.7. The van der Waals surface area contributed by atoms with Crippen molar-refractivity contribution >= 4 is 42.4 Å². The van der Waals surface area contributed by atoms with Crippen LogP contribution in [0.3, 0.4) is 0 Å². The molecule has 0 fully saturated rings. The molecule has 3 N–H and O–H groups in total. The molecule has 0 spiro atoms. The van der Waals surface area contributed by atoms with Crippen LogP contribution >= 0.6 is 7.82 Å². The number of carbonyl (C=O) groups excluding carboxylic acids is 1. The maximum absolute atomic E-state index is 12.6. The molecule has 184 valence electrons. The van der Waals surface area contributed by atoms with Crippen LogP contribution in [0.15, 0.2) is 59.8 Å². The SMILES string of the molecule is C[C@@](CCn1ccc(-c2ccc(-n3nccn3)cc2)cc1=O)(C(=O)NOP(=O)(O)O)S(C)(=O)=O.[LiH]. The fourth-order valence-electron chi connectivity index (χ4n) is 3.02. The average Bonchev–Trinajstić information content (AvgIpc) is 3.30. The first-order valence-electron chi connectivity index (χ1n) is 9.72. The summed E-state index contributed by atoms with van der Waals surface area (Å²) in [6.45, 7) is 0.923. The van der Waals surface area contributed by atoms with Crippen LogP contribution in [0.2, 0.25) is 0 Å². The summed E-state index contributed by atoms with van der Waals surface area (Å²) < 4.78 is 38.4. The second kappa shape index (κ2) is 11.0. The van der Waals surface area contributed by atoms with E-state index in [1.165, 1.54) is 27.1 Å². The molecule has 2 aromatic heterocycles. The van der Waals surface area contributed by atoms with Gasteiger partial charge in [-0.25, -0.2) is 18.5 Å². The van der Waals surface area contributed by atoms with Crippen molar-refractivity contribution in [3.8, 4) is 16.8 Å². The van der Waals surface area contributed by atoms with Crippen LogP contribution in [0.4, 0.5) is 0 Å². The van der Waals surface area contributed by atoms with Crippen LogP contribution in [0.1, 0.15) is 13.3 Å². The number of benzene rings is 1. The van der Waals surface area contributed by atoms with Crippen LogP contribution < -0.4 is 11.0 Å². The zero-order valence-corrected chi connectivity index (χ0v) is 19.8. The minimum absolute atomic E-state index is 0. The molecule has 0 saturated carbocycles.